The van der Waals surface area contributed by atoms with Crippen LogP contribution in [0.1, 0.15) is 23.6 Å². The fraction of sp³-hybridized carbons (Fsp3) is 0.364. The lowest BCUT2D eigenvalue weighted by molar-refractivity contribution is -0.136. The number of aliphatic hydroxyl groups is 1. The fourth-order valence-electron chi connectivity index (χ4n) is 3.49. The molecule has 8 heteroatoms. The summed E-state index contributed by atoms with van der Waals surface area (Å²) in [7, 11) is 8.57. The van der Waals surface area contributed by atoms with E-state index in [2.05, 4.69) is 5.10 Å². The molecule has 2 aromatic carbocycles. The molecule has 0 saturated heterocycles. The Kier molecular flexibility index (Phi) is 6.47. The Bertz CT molecular complexity index is 915. The van der Waals surface area contributed by atoms with Crippen molar-refractivity contribution >= 4 is 17.3 Å². The largest absolute Gasteiger partial charge is 0.493 e. The molecule has 1 heterocycles. The Morgan fingerprint density at radius 1 is 1.10 bits per heavy atom. The van der Waals surface area contributed by atoms with Crippen LogP contribution < -0.4 is 19.1 Å². The highest BCUT2D eigenvalue weighted by Crippen LogP contribution is 2.43. The minimum absolute atomic E-state index is 0.401. The van der Waals surface area contributed by atoms with Crippen molar-refractivity contribution in [2.45, 2.75) is 12.5 Å². The number of hydrogen-bond donors (Lipinski definition) is 1. The van der Waals surface area contributed by atoms with Crippen LogP contribution in [0.4, 0.5) is 5.69 Å². The van der Waals surface area contributed by atoms with Crippen LogP contribution in [0.2, 0.25) is 0 Å². The van der Waals surface area contributed by atoms with Gasteiger partial charge in [-0.1, -0.05) is 12.1 Å². The first kappa shape index (κ1) is 21.4. The normalized spacial score (nSPS) is 15.6. The third-order valence-electron chi connectivity index (χ3n) is 5.09. The predicted molar refractivity (Wildman–Crippen MR) is 115 cm³/mol. The van der Waals surface area contributed by atoms with Gasteiger partial charge in [0.2, 0.25) is 5.75 Å². The molecule has 1 aliphatic rings. The monoisotopic (exact) mass is 413 g/mol. The van der Waals surface area contributed by atoms with E-state index < -0.39 is 18.6 Å². The molecule has 0 spiro atoms. The van der Waals surface area contributed by atoms with E-state index in [-0.39, 0.29) is 0 Å². The maximum atomic E-state index is 12.4. The Morgan fingerprint density at radius 3 is 2.17 bits per heavy atom. The van der Waals surface area contributed by atoms with Gasteiger partial charge in [0.15, 0.2) is 11.5 Å². The summed E-state index contributed by atoms with van der Waals surface area (Å²) >= 11 is 0. The molecule has 0 bridgehead atoms. The number of amides is 1. The molecule has 1 N–H and O–H groups in total. The number of hydrazone groups is 1. The lowest BCUT2D eigenvalue weighted by atomic mass is 9.97. The molecule has 1 unspecified atom stereocenters. The van der Waals surface area contributed by atoms with Crippen molar-refractivity contribution in [2.75, 3.05) is 46.9 Å². The van der Waals surface area contributed by atoms with Crippen LogP contribution in [0, 0.1) is 0 Å². The molecule has 0 aliphatic carbocycles. The van der Waals surface area contributed by atoms with E-state index in [0.717, 1.165) is 22.5 Å². The Morgan fingerprint density at radius 2 is 1.70 bits per heavy atom. The highest BCUT2D eigenvalue weighted by atomic mass is 16.5. The Hall–Kier alpha value is -3.26. The number of anilines is 1. The second-order valence-electron chi connectivity index (χ2n) is 7.06. The van der Waals surface area contributed by atoms with Gasteiger partial charge in [-0.15, -0.1) is 0 Å². The van der Waals surface area contributed by atoms with Crippen LogP contribution in [-0.2, 0) is 4.79 Å². The number of aliphatic hydroxyl groups excluding tert-OH is 1. The molecule has 8 nitrogen and oxygen atoms in total. The molecule has 0 aromatic heterocycles. The van der Waals surface area contributed by atoms with Gasteiger partial charge in [-0.05, 0) is 35.4 Å². The highest BCUT2D eigenvalue weighted by molar-refractivity contribution is 6.03. The van der Waals surface area contributed by atoms with E-state index in [4.69, 9.17) is 14.2 Å². The topological polar surface area (TPSA) is 83.8 Å². The molecular weight excluding hydrogens is 386 g/mol. The summed E-state index contributed by atoms with van der Waals surface area (Å²) in [6, 6.07) is 11.2. The van der Waals surface area contributed by atoms with Crippen molar-refractivity contribution in [1.29, 1.82) is 0 Å². The zero-order chi connectivity index (χ0) is 21.8. The number of ether oxygens (including phenoxy) is 3. The number of carbonyl (C=O) groups is 1. The summed E-state index contributed by atoms with van der Waals surface area (Å²) in [5, 5.41) is 15.3. The Labute approximate surface area is 176 Å². The molecule has 3 rings (SSSR count). The molecule has 30 heavy (non-hydrogen) atoms. The molecule has 0 radical (unpaired) electrons. The highest BCUT2D eigenvalue weighted by Gasteiger charge is 2.34. The van der Waals surface area contributed by atoms with Crippen LogP contribution >= 0.6 is 0 Å². The van der Waals surface area contributed by atoms with Gasteiger partial charge in [0, 0.05) is 26.2 Å². The third-order valence-corrected chi connectivity index (χ3v) is 5.09. The summed E-state index contributed by atoms with van der Waals surface area (Å²) in [6.45, 7) is -0.628. The summed E-state index contributed by atoms with van der Waals surface area (Å²) in [6.07, 6.45) is 0.492. The number of methoxy groups -OCH3 is 3. The molecule has 1 amide bonds. The van der Waals surface area contributed by atoms with Crippen molar-refractivity contribution in [3.05, 3.63) is 47.5 Å². The first-order valence-corrected chi connectivity index (χ1v) is 9.51. The van der Waals surface area contributed by atoms with Crippen LogP contribution in [0.15, 0.2) is 41.5 Å². The second-order valence-corrected chi connectivity index (χ2v) is 7.06. The van der Waals surface area contributed by atoms with Crippen molar-refractivity contribution < 1.29 is 24.1 Å². The number of nitrogens with zero attached hydrogens (tertiary/aromatic N) is 3. The second kappa shape index (κ2) is 9.04. The van der Waals surface area contributed by atoms with Crippen LogP contribution in [0.3, 0.4) is 0 Å². The first-order chi connectivity index (χ1) is 14.4. The van der Waals surface area contributed by atoms with E-state index in [0.29, 0.717) is 23.7 Å². The molecule has 0 saturated carbocycles. The number of hydrogen-bond acceptors (Lipinski definition) is 7. The molecule has 2 aromatic rings. The van der Waals surface area contributed by atoms with Gasteiger partial charge in [0.25, 0.3) is 5.91 Å². The molecule has 0 fully saturated rings. The number of benzene rings is 2. The van der Waals surface area contributed by atoms with E-state index in [1.54, 1.807) is 26.4 Å². The van der Waals surface area contributed by atoms with Gasteiger partial charge < -0.3 is 24.2 Å². The van der Waals surface area contributed by atoms with Gasteiger partial charge in [-0.2, -0.15) is 5.10 Å². The van der Waals surface area contributed by atoms with Crippen molar-refractivity contribution in [3.63, 3.8) is 0 Å². The smallest absolute Gasteiger partial charge is 0.268 e. The number of carbonyl (C=O) groups excluding carboxylic acids is 1. The lowest BCUT2D eigenvalue weighted by Gasteiger charge is -2.23. The third kappa shape index (κ3) is 4.04. The van der Waals surface area contributed by atoms with Gasteiger partial charge in [0.05, 0.1) is 33.1 Å². The van der Waals surface area contributed by atoms with Crippen molar-refractivity contribution in [1.82, 2.24) is 5.01 Å². The quantitative estimate of drug-likeness (QED) is 0.751. The SMILES string of the molecule is COc1cc(C2CC(c3ccc(N(C)C)cc3)=NN2C(=O)CO)cc(OC)c1OC. The fourth-order valence-corrected chi connectivity index (χ4v) is 3.49. The van der Waals surface area contributed by atoms with E-state index in [9.17, 15) is 9.90 Å². The van der Waals surface area contributed by atoms with Crippen LogP contribution in [-0.4, -0.2) is 63.8 Å². The van der Waals surface area contributed by atoms with Crippen molar-refractivity contribution in [2.24, 2.45) is 5.10 Å². The summed E-state index contributed by atoms with van der Waals surface area (Å²) in [4.78, 5) is 14.4. The predicted octanol–water partition coefficient (Wildman–Crippen LogP) is 2.45. The standard InChI is InChI=1S/C22H27N3O5/c1-24(2)16-8-6-14(7-9-16)17-12-18(25(23-17)21(27)13-26)15-10-19(28-3)22(30-5)20(11-15)29-4/h6-11,18,26H,12-13H2,1-5H3. The Balaban J connectivity index is 2.00. The summed E-state index contributed by atoms with van der Waals surface area (Å²) < 4.78 is 16.3. The van der Waals surface area contributed by atoms with Gasteiger partial charge in [0.1, 0.15) is 6.61 Å². The summed E-state index contributed by atoms with van der Waals surface area (Å²) in [5.41, 5.74) is 3.53. The maximum absolute atomic E-state index is 12.4. The molecular formula is C22H27N3O5. The van der Waals surface area contributed by atoms with Gasteiger partial charge >= 0.3 is 0 Å². The van der Waals surface area contributed by atoms with E-state index >= 15 is 0 Å². The van der Waals surface area contributed by atoms with Crippen molar-refractivity contribution in [3.8, 4) is 17.2 Å². The minimum Gasteiger partial charge on any atom is -0.493 e. The minimum atomic E-state index is -0.628. The van der Waals surface area contributed by atoms with E-state index in [1.165, 1.54) is 12.1 Å². The molecule has 1 aliphatic heterocycles. The van der Waals surface area contributed by atoms with E-state index in [1.807, 2.05) is 43.3 Å². The number of rotatable bonds is 7. The average molecular weight is 413 g/mol. The molecule has 160 valence electrons. The van der Waals surface area contributed by atoms with Gasteiger partial charge in [-0.25, -0.2) is 5.01 Å². The summed E-state index contributed by atoms with van der Waals surface area (Å²) in [5.74, 6) is 0.981. The lowest BCUT2D eigenvalue weighted by Crippen LogP contribution is -2.29. The zero-order valence-electron chi connectivity index (χ0n) is 17.9. The van der Waals surface area contributed by atoms with Crippen LogP contribution in [0.25, 0.3) is 0 Å². The first-order valence-electron chi connectivity index (χ1n) is 9.51. The zero-order valence-corrected chi connectivity index (χ0v) is 17.9. The average Bonchev–Trinajstić information content (AvgIpc) is 3.23. The van der Waals surface area contributed by atoms with Crippen LogP contribution in [0.5, 0.6) is 17.2 Å². The molecule has 1 atom stereocenters. The van der Waals surface area contributed by atoms with Gasteiger partial charge in [-0.3, -0.25) is 4.79 Å². The maximum Gasteiger partial charge on any atom is 0.268 e.